The van der Waals surface area contributed by atoms with E-state index < -0.39 is 5.97 Å². The molecule has 0 saturated heterocycles. The number of hydrogen-bond acceptors (Lipinski definition) is 5. The van der Waals surface area contributed by atoms with E-state index in [-0.39, 0.29) is 41.4 Å². The Balaban J connectivity index is 2.99. The third-order valence-electron chi connectivity index (χ3n) is 2.50. The van der Waals surface area contributed by atoms with Crippen molar-refractivity contribution in [2.24, 2.45) is 0 Å². The van der Waals surface area contributed by atoms with Gasteiger partial charge in [0.15, 0.2) is 18.1 Å². The monoisotopic (exact) mass is 297 g/mol. The van der Waals surface area contributed by atoms with Gasteiger partial charge in [-0.05, 0) is 26.0 Å². The normalized spacial score (nSPS) is 10.1. The molecule has 0 fully saturated rings. The Morgan fingerprint density at radius 1 is 1.19 bits per heavy atom. The molecule has 21 heavy (non-hydrogen) atoms. The minimum Gasteiger partial charge on any atom is -0.493 e. The standard InChI is InChI=1S/C14H19NO6/c1-8(2)15-12(16)7-21-13-10(19-3)5-9(14(17)18)6-11(13)20-4/h5-6,8H,7H2,1-4H3,(H,15,16)(H,17,18). The molecule has 1 amide bonds. The van der Waals surface area contributed by atoms with Gasteiger partial charge in [0, 0.05) is 6.04 Å². The summed E-state index contributed by atoms with van der Waals surface area (Å²) in [6.45, 7) is 3.44. The molecule has 0 aliphatic heterocycles. The lowest BCUT2D eigenvalue weighted by molar-refractivity contribution is -0.123. The van der Waals surface area contributed by atoms with Crippen molar-refractivity contribution >= 4 is 11.9 Å². The molecule has 116 valence electrons. The Morgan fingerprint density at radius 3 is 2.10 bits per heavy atom. The van der Waals surface area contributed by atoms with Crippen LogP contribution >= 0.6 is 0 Å². The number of carbonyl (C=O) groups is 2. The van der Waals surface area contributed by atoms with Crippen molar-refractivity contribution in [2.75, 3.05) is 20.8 Å². The average Bonchev–Trinajstić information content (AvgIpc) is 2.43. The van der Waals surface area contributed by atoms with Crippen LogP contribution in [0.2, 0.25) is 0 Å². The molecule has 0 aromatic heterocycles. The number of rotatable bonds is 7. The number of nitrogens with one attached hydrogen (secondary N) is 1. The van der Waals surface area contributed by atoms with Gasteiger partial charge in [0.25, 0.3) is 5.91 Å². The number of aromatic carboxylic acids is 1. The Morgan fingerprint density at radius 2 is 1.71 bits per heavy atom. The van der Waals surface area contributed by atoms with E-state index in [2.05, 4.69) is 5.32 Å². The van der Waals surface area contributed by atoms with Gasteiger partial charge in [-0.25, -0.2) is 4.79 Å². The Bertz CT molecular complexity index is 501. The molecule has 0 atom stereocenters. The smallest absolute Gasteiger partial charge is 0.335 e. The van der Waals surface area contributed by atoms with Crippen molar-refractivity contribution in [3.05, 3.63) is 17.7 Å². The lowest BCUT2D eigenvalue weighted by Gasteiger charge is -2.15. The van der Waals surface area contributed by atoms with Crippen LogP contribution in [-0.2, 0) is 4.79 Å². The number of ether oxygens (including phenoxy) is 3. The molecule has 0 heterocycles. The second kappa shape index (κ2) is 7.37. The largest absolute Gasteiger partial charge is 0.493 e. The second-order valence-corrected chi connectivity index (χ2v) is 4.53. The number of carboxylic acids is 1. The summed E-state index contributed by atoms with van der Waals surface area (Å²) in [6.07, 6.45) is 0. The molecule has 2 N–H and O–H groups in total. The zero-order valence-corrected chi connectivity index (χ0v) is 12.4. The maximum Gasteiger partial charge on any atom is 0.335 e. The van der Waals surface area contributed by atoms with Crippen molar-refractivity contribution < 1.29 is 28.9 Å². The van der Waals surface area contributed by atoms with Crippen molar-refractivity contribution in [2.45, 2.75) is 19.9 Å². The minimum atomic E-state index is -1.12. The molecule has 0 aliphatic carbocycles. The number of benzene rings is 1. The third kappa shape index (κ3) is 4.55. The third-order valence-corrected chi connectivity index (χ3v) is 2.50. The lowest BCUT2D eigenvalue weighted by Crippen LogP contribution is -2.34. The Kier molecular flexibility index (Phi) is 5.83. The summed E-state index contributed by atoms with van der Waals surface area (Å²) in [4.78, 5) is 22.6. The van der Waals surface area contributed by atoms with Gasteiger partial charge in [-0.1, -0.05) is 0 Å². The fourth-order valence-corrected chi connectivity index (χ4v) is 1.65. The zero-order valence-electron chi connectivity index (χ0n) is 12.4. The molecule has 0 bridgehead atoms. The van der Waals surface area contributed by atoms with E-state index in [9.17, 15) is 9.59 Å². The zero-order chi connectivity index (χ0) is 16.0. The number of carboxylic acid groups (broad SMARTS) is 1. The van der Waals surface area contributed by atoms with Crippen molar-refractivity contribution in [3.8, 4) is 17.2 Å². The summed E-state index contributed by atoms with van der Waals surface area (Å²) in [5, 5.41) is 11.7. The van der Waals surface area contributed by atoms with Crippen LogP contribution in [0.3, 0.4) is 0 Å². The Labute approximate surface area is 122 Å². The van der Waals surface area contributed by atoms with E-state index >= 15 is 0 Å². The first-order valence-corrected chi connectivity index (χ1v) is 6.30. The quantitative estimate of drug-likeness (QED) is 0.788. The molecule has 7 heteroatoms. The van der Waals surface area contributed by atoms with E-state index in [0.29, 0.717) is 0 Å². The second-order valence-electron chi connectivity index (χ2n) is 4.53. The summed E-state index contributed by atoms with van der Waals surface area (Å²) in [7, 11) is 2.75. The minimum absolute atomic E-state index is 0.000669. The fraction of sp³-hybridized carbons (Fsp3) is 0.429. The maximum atomic E-state index is 11.6. The highest BCUT2D eigenvalue weighted by Gasteiger charge is 2.18. The summed E-state index contributed by atoms with van der Waals surface area (Å²) < 4.78 is 15.6. The van der Waals surface area contributed by atoms with E-state index in [1.165, 1.54) is 26.4 Å². The lowest BCUT2D eigenvalue weighted by atomic mass is 10.2. The van der Waals surface area contributed by atoms with Crippen LogP contribution in [-0.4, -0.2) is 43.9 Å². The number of amides is 1. The molecule has 7 nitrogen and oxygen atoms in total. The van der Waals surface area contributed by atoms with Crippen molar-refractivity contribution in [1.29, 1.82) is 0 Å². The highest BCUT2D eigenvalue weighted by molar-refractivity contribution is 5.89. The first kappa shape index (κ1) is 16.6. The Hall–Kier alpha value is -2.44. The first-order chi connectivity index (χ1) is 9.88. The van der Waals surface area contributed by atoms with Gasteiger partial charge in [0.2, 0.25) is 5.75 Å². The van der Waals surface area contributed by atoms with Gasteiger partial charge in [0.05, 0.1) is 19.8 Å². The van der Waals surface area contributed by atoms with Gasteiger partial charge < -0.3 is 24.6 Å². The predicted octanol–water partition coefficient (Wildman–Crippen LogP) is 1.31. The predicted molar refractivity (Wildman–Crippen MR) is 75.3 cm³/mol. The van der Waals surface area contributed by atoms with Crippen LogP contribution in [0.25, 0.3) is 0 Å². The molecule has 0 unspecified atom stereocenters. The molecule has 1 rings (SSSR count). The van der Waals surface area contributed by atoms with Crippen LogP contribution in [0.4, 0.5) is 0 Å². The highest BCUT2D eigenvalue weighted by Crippen LogP contribution is 2.38. The van der Waals surface area contributed by atoms with Gasteiger partial charge in [-0.3, -0.25) is 4.79 Å². The topological polar surface area (TPSA) is 94.1 Å². The molecular formula is C14H19NO6. The average molecular weight is 297 g/mol. The van der Waals surface area contributed by atoms with Crippen LogP contribution in [0.15, 0.2) is 12.1 Å². The van der Waals surface area contributed by atoms with Crippen LogP contribution in [0, 0.1) is 0 Å². The maximum absolute atomic E-state index is 11.6. The van der Waals surface area contributed by atoms with Crippen molar-refractivity contribution in [3.63, 3.8) is 0 Å². The fourth-order valence-electron chi connectivity index (χ4n) is 1.65. The molecule has 1 aromatic rings. The van der Waals surface area contributed by atoms with Gasteiger partial charge in [-0.15, -0.1) is 0 Å². The summed E-state index contributed by atoms with van der Waals surface area (Å²) in [6, 6.07) is 2.61. The van der Waals surface area contributed by atoms with Gasteiger partial charge >= 0.3 is 5.97 Å². The molecule has 0 saturated carbocycles. The number of methoxy groups -OCH3 is 2. The van der Waals surface area contributed by atoms with E-state index in [0.717, 1.165) is 0 Å². The molecular weight excluding hydrogens is 278 g/mol. The number of carbonyl (C=O) groups excluding carboxylic acids is 1. The SMILES string of the molecule is COc1cc(C(=O)O)cc(OC)c1OCC(=O)NC(C)C. The van der Waals surface area contributed by atoms with Crippen molar-refractivity contribution in [1.82, 2.24) is 5.32 Å². The summed E-state index contributed by atoms with van der Waals surface area (Å²) in [5.74, 6) is -0.857. The summed E-state index contributed by atoms with van der Waals surface area (Å²) in [5.41, 5.74) is 0.00248. The van der Waals surface area contributed by atoms with Crippen LogP contribution < -0.4 is 19.5 Å². The van der Waals surface area contributed by atoms with E-state index in [4.69, 9.17) is 19.3 Å². The molecule has 0 spiro atoms. The van der Waals surface area contributed by atoms with Gasteiger partial charge in [0.1, 0.15) is 0 Å². The van der Waals surface area contributed by atoms with Crippen LogP contribution in [0.5, 0.6) is 17.2 Å². The number of hydrogen-bond donors (Lipinski definition) is 2. The summed E-state index contributed by atoms with van der Waals surface area (Å²) >= 11 is 0. The highest BCUT2D eigenvalue weighted by atomic mass is 16.5. The first-order valence-electron chi connectivity index (χ1n) is 6.30. The molecule has 1 aromatic carbocycles. The molecule has 0 aliphatic rings. The molecule has 0 radical (unpaired) electrons. The van der Waals surface area contributed by atoms with Gasteiger partial charge in [-0.2, -0.15) is 0 Å². The van der Waals surface area contributed by atoms with E-state index in [1.807, 2.05) is 13.8 Å². The van der Waals surface area contributed by atoms with Crippen LogP contribution in [0.1, 0.15) is 24.2 Å². The van der Waals surface area contributed by atoms with E-state index in [1.54, 1.807) is 0 Å².